The van der Waals surface area contributed by atoms with E-state index < -0.39 is 15.6 Å². The quantitative estimate of drug-likeness (QED) is 0.843. The highest BCUT2D eigenvalue weighted by molar-refractivity contribution is 7.89. The van der Waals surface area contributed by atoms with E-state index in [9.17, 15) is 8.42 Å². The van der Waals surface area contributed by atoms with Crippen LogP contribution in [0.4, 0.5) is 0 Å². The molecule has 0 radical (unpaired) electrons. The summed E-state index contributed by atoms with van der Waals surface area (Å²) in [5, 5.41) is 0.541. The molecule has 0 N–H and O–H groups in total. The van der Waals surface area contributed by atoms with Crippen LogP contribution < -0.4 is 0 Å². The number of hydrogen-bond acceptors (Lipinski definition) is 3. The Hall–Kier alpha value is -0.620. The van der Waals surface area contributed by atoms with Gasteiger partial charge >= 0.3 is 0 Å². The lowest BCUT2D eigenvalue weighted by Gasteiger charge is -2.37. The first kappa shape index (κ1) is 14.8. The molecule has 0 unspecified atom stereocenters. The highest BCUT2D eigenvalue weighted by Gasteiger charge is 2.35. The van der Waals surface area contributed by atoms with Gasteiger partial charge in [-0.3, -0.25) is 0 Å². The van der Waals surface area contributed by atoms with Crippen LogP contribution in [0.3, 0.4) is 0 Å². The van der Waals surface area contributed by atoms with E-state index in [1.54, 1.807) is 25.1 Å². The van der Waals surface area contributed by atoms with Crippen LogP contribution in [0.15, 0.2) is 23.1 Å². The molecule has 1 heterocycles. The molecule has 2 rings (SSSR count). The van der Waals surface area contributed by atoms with Gasteiger partial charge in [-0.25, -0.2) is 8.42 Å². The summed E-state index contributed by atoms with van der Waals surface area (Å²) in [5.41, 5.74) is 0.211. The van der Waals surface area contributed by atoms with Crippen molar-refractivity contribution in [2.45, 2.75) is 31.3 Å². The lowest BCUT2D eigenvalue weighted by atomic mass is 10.1. The van der Waals surface area contributed by atoms with Crippen molar-refractivity contribution in [2.24, 2.45) is 0 Å². The van der Waals surface area contributed by atoms with Crippen molar-refractivity contribution in [1.29, 1.82) is 0 Å². The first-order valence-electron chi connectivity index (χ1n) is 6.13. The van der Waals surface area contributed by atoms with Crippen LogP contribution in [0.5, 0.6) is 0 Å². The van der Waals surface area contributed by atoms with Gasteiger partial charge in [-0.2, -0.15) is 4.31 Å². The first-order chi connectivity index (χ1) is 8.72. The molecule has 1 aromatic carbocycles. The molecule has 1 aliphatic rings. The average Bonchev–Trinajstić information content (AvgIpc) is 2.27. The molecule has 1 fully saturated rings. The molecule has 1 aliphatic heterocycles. The van der Waals surface area contributed by atoms with Crippen molar-refractivity contribution in [1.82, 2.24) is 4.31 Å². The second kappa shape index (κ2) is 5.05. The van der Waals surface area contributed by atoms with Crippen LogP contribution in [-0.4, -0.2) is 38.0 Å². The number of rotatable bonds is 2. The molecule has 1 aromatic rings. The van der Waals surface area contributed by atoms with Gasteiger partial charge in [-0.15, -0.1) is 0 Å². The van der Waals surface area contributed by atoms with E-state index in [4.69, 9.17) is 16.3 Å². The van der Waals surface area contributed by atoms with Crippen LogP contribution in [0.25, 0.3) is 0 Å². The smallest absolute Gasteiger partial charge is 0.243 e. The SMILES string of the molecule is Cc1cc(Cl)ccc1S(=O)(=O)N1CCOC(C)(C)C1. The van der Waals surface area contributed by atoms with Crippen LogP contribution in [0.1, 0.15) is 19.4 Å². The fourth-order valence-electron chi connectivity index (χ4n) is 2.22. The molecule has 4 nitrogen and oxygen atoms in total. The van der Waals surface area contributed by atoms with E-state index in [0.717, 1.165) is 0 Å². The summed E-state index contributed by atoms with van der Waals surface area (Å²) in [6.07, 6.45) is 0. The van der Waals surface area contributed by atoms with Gasteiger partial charge in [-0.05, 0) is 44.5 Å². The molecule has 19 heavy (non-hydrogen) atoms. The summed E-state index contributed by atoms with van der Waals surface area (Å²) in [7, 11) is -3.49. The molecule has 1 saturated heterocycles. The summed E-state index contributed by atoms with van der Waals surface area (Å²) in [4.78, 5) is 0.314. The Morgan fingerprint density at radius 3 is 2.63 bits per heavy atom. The fourth-order valence-corrected chi connectivity index (χ4v) is 4.23. The summed E-state index contributed by atoms with van der Waals surface area (Å²) < 4.78 is 32.3. The summed E-state index contributed by atoms with van der Waals surface area (Å²) in [6, 6.07) is 4.84. The number of hydrogen-bond donors (Lipinski definition) is 0. The van der Waals surface area contributed by atoms with Crippen molar-refractivity contribution in [3.05, 3.63) is 28.8 Å². The Bertz CT molecular complexity index is 584. The Morgan fingerprint density at radius 1 is 1.37 bits per heavy atom. The van der Waals surface area contributed by atoms with Crippen LogP contribution in [0.2, 0.25) is 5.02 Å². The van der Waals surface area contributed by atoms with Gasteiger partial charge in [0, 0.05) is 18.1 Å². The van der Waals surface area contributed by atoms with Crippen molar-refractivity contribution >= 4 is 21.6 Å². The summed E-state index contributed by atoms with van der Waals surface area (Å²) >= 11 is 5.87. The summed E-state index contributed by atoms with van der Waals surface area (Å²) in [6.45, 7) is 6.70. The number of halogens is 1. The minimum Gasteiger partial charge on any atom is -0.373 e. The number of benzene rings is 1. The van der Waals surface area contributed by atoms with Crippen LogP contribution in [-0.2, 0) is 14.8 Å². The predicted molar refractivity (Wildman–Crippen MR) is 75.0 cm³/mol. The zero-order chi connectivity index (χ0) is 14.3. The second-order valence-electron chi connectivity index (χ2n) is 5.36. The largest absolute Gasteiger partial charge is 0.373 e. The zero-order valence-corrected chi connectivity index (χ0v) is 12.9. The third-order valence-corrected chi connectivity index (χ3v) is 5.39. The van der Waals surface area contributed by atoms with E-state index in [-0.39, 0.29) is 0 Å². The van der Waals surface area contributed by atoms with E-state index in [0.29, 0.717) is 35.2 Å². The summed E-state index contributed by atoms with van der Waals surface area (Å²) in [5.74, 6) is 0. The van der Waals surface area contributed by atoms with Crippen molar-refractivity contribution < 1.29 is 13.2 Å². The van der Waals surface area contributed by atoms with E-state index in [1.165, 1.54) is 4.31 Å². The van der Waals surface area contributed by atoms with Gasteiger partial charge in [0.2, 0.25) is 10.0 Å². The zero-order valence-electron chi connectivity index (χ0n) is 11.3. The Kier molecular flexibility index (Phi) is 3.93. The normalized spacial score (nSPS) is 20.4. The third kappa shape index (κ3) is 3.11. The van der Waals surface area contributed by atoms with E-state index >= 15 is 0 Å². The topological polar surface area (TPSA) is 46.6 Å². The van der Waals surface area contributed by atoms with Gasteiger partial charge in [0.25, 0.3) is 0 Å². The minimum absolute atomic E-state index is 0.314. The Morgan fingerprint density at radius 2 is 2.05 bits per heavy atom. The highest BCUT2D eigenvalue weighted by atomic mass is 35.5. The third-order valence-electron chi connectivity index (χ3n) is 3.15. The van der Waals surface area contributed by atoms with Crippen molar-refractivity contribution in [3.8, 4) is 0 Å². The molecule has 106 valence electrons. The Labute approximate surface area is 119 Å². The second-order valence-corrected chi connectivity index (χ2v) is 7.70. The molecule has 0 amide bonds. The van der Waals surface area contributed by atoms with Crippen molar-refractivity contribution in [2.75, 3.05) is 19.7 Å². The highest BCUT2D eigenvalue weighted by Crippen LogP contribution is 2.26. The first-order valence-corrected chi connectivity index (χ1v) is 7.94. The van der Waals surface area contributed by atoms with Gasteiger partial charge in [0.1, 0.15) is 0 Å². The number of ether oxygens (including phenoxy) is 1. The fraction of sp³-hybridized carbons (Fsp3) is 0.538. The van der Waals surface area contributed by atoms with Gasteiger partial charge in [0.05, 0.1) is 17.1 Å². The monoisotopic (exact) mass is 303 g/mol. The molecule has 0 spiro atoms. The molecule has 0 aromatic heterocycles. The lowest BCUT2D eigenvalue weighted by molar-refractivity contribution is -0.0640. The molecule has 0 bridgehead atoms. The predicted octanol–water partition coefficient (Wildman–Crippen LogP) is 2.45. The molecular weight excluding hydrogens is 286 g/mol. The lowest BCUT2D eigenvalue weighted by Crippen LogP contribution is -2.50. The van der Waals surface area contributed by atoms with Crippen LogP contribution in [0, 0.1) is 6.92 Å². The maximum atomic E-state index is 12.6. The van der Waals surface area contributed by atoms with E-state index in [2.05, 4.69) is 0 Å². The van der Waals surface area contributed by atoms with Gasteiger partial charge in [-0.1, -0.05) is 11.6 Å². The molecule has 0 saturated carbocycles. The molecular formula is C13H18ClNO3S. The maximum absolute atomic E-state index is 12.6. The van der Waals surface area contributed by atoms with E-state index in [1.807, 2.05) is 13.8 Å². The molecule has 0 atom stereocenters. The standard InChI is InChI=1S/C13H18ClNO3S/c1-10-8-11(14)4-5-12(10)19(16,17)15-6-7-18-13(2,3)9-15/h4-5,8H,6-7,9H2,1-3H3. The molecule has 0 aliphatic carbocycles. The Balaban J connectivity index is 2.37. The number of morpholine rings is 1. The molecule has 6 heteroatoms. The average molecular weight is 304 g/mol. The van der Waals surface area contributed by atoms with Gasteiger partial charge in [0.15, 0.2) is 0 Å². The van der Waals surface area contributed by atoms with Crippen molar-refractivity contribution in [3.63, 3.8) is 0 Å². The van der Waals surface area contributed by atoms with Gasteiger partial charge < -0.3 is 4.74 Å². The number of aryl methyl sites for hydroxylation is 1. The van der Waals surface area contributed by atoms with Crippen LogP contribution >= 0.6 is 11.6 Å². The maximum Gasteiger partial charge on any atom is 0.243 e. The number of sulfonamides is 1. The number of nitrogens with zero attached hydrogens (tertiary/aromatic N) is 1. The minimum atomic E-state index is -3.49.